The topological polar surface area (TPSA) is 104 Å². The molecule has 208 valence electrons. The number of allylic oxidation sites excluding steroid dienone is 2. The average Bonchev–Trinajstić information content (AvgIpc) is 2.90. The molecule has 1 heterocycles. The Balaban J connectivity index is 1.74. The third-order valence-electron chi connectivity index (χ3n) is 7.29. The summed E-state index contributed by atoms with van der Waals surface area (Å²) in [5.74, 6) is -0.799. The Bertz CT molecular complexity index is 1390. The molecule has 11 heteroatoms. The Labute approximate surface area is 224 Å². The van der Waals surface area contributed by atoms with Crippen molar-refractivity contribution in [3.8, 4) is 5.75 Å². The molecule has 1 aliphatic heterocycles. The Morgan fingerprint density at radius 2 is 1.89 bits per heavy atom. The van der Waals surface area contributed by atoms with E-state index in [1.54, 1.807) is 32.0 Å². The van der Waals surface area contributed by atoms with Crippen LogP contribution in [-0.2, 0) is 20.0 Å². The van der Waals surface area contributed by atoms with Crippen LogP contribution in [0, 0.1) is 11.7 Å². The maximum Gasteiger partial charge on any atom is 0.247 e. The first-order chi connectivity index (χ1) is 17.9. The van der Waals surface area contributed by atoms with Gasteiger partial charge in [0.25, 0.3) is 0 Å². The van der Waals surface area contributed by atoms with Gasteiger partial charge in [0.1, 0.15) is 22.6 Å². The minimum absolute atomic E-state index is 0.0149. The van der Waals surface area contributed by atoms with E-state index in [1.807, 2.05) is 0 Å². The van der Waals surface area contributed by atoms with E-state index >= 15 is 0 Å². The highest BCUT2D eigenvalue weighted by atomic mass is 32.2. The molecule has 0 amide bonds. The molecule has 2 aliphatic rings. The molecule has 0 aromatic heterocycles. The van der Waals surface area contributed by atoms with E-state index in [1.165, 1.54) is 23.5 Å². The number of ether oxygens (including phenoxy) is 1. The van der Waals surface area contributed by atoms with Gasteiger partial charge in [-0.1, -0.05) is 19.1 Å². The van der Waals surface area contributed by atoms with Crippen molar-refractivity contribution in [3.63, 3.8) is 0 Å². The smallest absolute Gasteiger partial charge is 0.247 e. The van der Waals surface area contributed by atoms with Crippen molar-refractivity contribution in [2.45, 2.75) is 61.5 Å². The molecule has 1 aliphatic carbocycles. The fraction of sp³-hybridized carbons (Fsp3) is 0.481. The van der Waals surface area contributed by atoms with E-state index in [4.69, 9.17) is 4.74 Å². The lowest BCUT2D eigenvalue weighted by Crippen LogP contribution is -2.50. The summed E-state index contributed by atoms with van der Waals surface area (Å²) in [6.45, 7) is 3.04. The Hall–Kier alpha value is -2.31. The van der Waals surface area contributed by atoms with Gasteiger partial charge in [-0.2, -0.15) is 8.61 Å². The summed E-state index contributed by atoms with van der Waals surface area (Å²) in [7, 11) is -6.53. The average molecular weight is 567 g/mol. The standard InChI is InChI=1S/C27H35FN2O6S2/c1-19-16-30(20(2)18-31)38(34,35)27-14-9-22(21-7-5-4-6-8-21)15-25(27)36-26(19)17-29(3)37(32,33)24-12-10-23(28)11-13-24/h7,9-15,19-20,26,31H,4-6,8,16-18H2,1-3H3/t19-,20-,26-/m1/s1. The Morgan fingerprint density at radius 1 is 1.18 bits per heavy atom. The lowest BCUT2D eigenvalue weighted by Gasteiger charge is -2.37. The molecule has 2 aromatic rings. The molecule has 0 bridgehead atoms. The van der Waals surface area contributed by atoms with Crippen LogP contribution < -0.4 is 4.74 Å². The molecule has 1 N–H and O–H groups in total. The second-order valence-electron chi connectivity index (χ2n) is 10.1. The van der Waals surface area contributed by atoms with Gasteiger partial charge >= 0.3 is 0 Å². The zero-order valence-electron chi connectivity index (χ0n) is 21.9. The molecule has 38 heavy (non-hydrogen) atoms. The van der Waals surface area contributed by atoms with Crippen LogP contribution in [0.15, 0.2) is 58.3 Å². The van der Waals surface area contributed by atoms with Crippen molar-refractivity contribution in [1.82, 2.24) is 8.61 Å². The minimum Gasteiger partial charge on any atom is -0.487 e. The zero-order chi connectivity index (χ0) is 27.7. The number of likely N-dealkylation sites (N-methyl/N-ethyl adjacent to an activating group) is 1. The zero-order valence-corrected chi connectivity index (χ0v) is 23.5. The number of halogens is 1. The van der Waals surface area contributed by atoms with E-state index in [2.05, 4.69) is 6.08 Å². The predicted octanol–water partition coefficient (Wildman–Crippen LogP) is 3.87. The first kappa shape index (κ1) is 28.7. The van der Waals surface area contributed by atoms with Crippen LogP contribution in [0.3, 0.4) is 0 Å². The maximum absolute atomic E-state index is 13.7. The van der Waals surface area contributed by atoms with Gasteiger partial charge in [0, 0.05) is 25.6 Å². The summed E-state index contributed by atoms with van der Waals surface area (Å²) in [5.41, 5.74) is 2.00. The summed E-state index contributed by atoms with van der Waals surface area (Å²) in [5, 5.41) is 9.83. The van der Waals surface area contributed by atoms with Crippen molar-refractivity contribution in [2.24, 2.45) is 5.92 Å². The van der Waals surface area contributed by atoms with Gasteiger partial charge in [-0.25, -0.2) is 21.2 Å². The SMILES string of the molecule is C[C@@H]1CN([C@H](C)CO)S(=O)(=O)c2ccc(C3=CCCCC3)cc2O[C@@H]1CN(C)S(=O)(=O)c1ccc(F)cc1. The van der Waals surface area contributed by atoms with Gasteiger partial charge in [0.05, 0.1) is 18.0 Å². The van der Waals surface area contributed by atoms with Crippen LogP contribution in [0.1, 0.15) is 45.1 Å². The summed E-state index contributed by atoms with van der Waals surface area (Å²) < 4.78 is 75.9. The third kappa shape index (κ3) is 5.81. The quantitative estimate of drug-likeness (QED) is 0.546. The highest BCUT2D eigenvalue weighted by Crippen LogP contribution is 2.37. The lowest BCUT2D eigenvalue weighted by atomic mass is 9.93. The molecular weight excluding hydrogens is 531 g/mol. The molecule has 3 atom stereocenters. The number of hydrogen-bond donors (Lipinski definition) is 1. The van der Waals surface area contributed by atoms with Crippen LogP contribution >= 0.6 is 0 Å². The fourth-order valence-electron chi connectivity index (χ4n) is 4.88. The van der Waals surface area contributed by atoms with Gasteiger partial charge in [0.15, 0.2) is 0 Å². The van der Waals surface area contributed by atoms with Crippen LogP contribution in [0.5, 0.6) is 5.75 Å². The largest absolute Gasteiger partial charge is 0.487 e. The van der Waals surface area contributed by atoms with E-state index in [-0.39, 0.29) is 35.2 Å². The molecule has 0 saturated carbocycles. The fourth-order valence-corrected chi connectivity index (χ4v) is 7.89. The second kappa shape index (κ2) is 11.4. The maximum atomic E-state index is 13.7. The number of aliphatic hydroxyl groups excluding tert-OH is 1. The van der Waals surface area contributed by atoms with E-state index in [0.29, 0.717) is 0 Å². The van der Waals surface area contributed by atoms with Crippen LogP contribution in [0.2, 0.25) is 0 Å². The number of hydrogen-bond acceptors (Lipinski definition) is 6. The highest BCUT2D eigenvalue weighted by molar-refractivity contribution is 7.89. The summed E-state index contributed by atoms with van der Waals surface area (Å²) in [6.07, 6.45) is 5.47. The number of sulfonamides is 2. The Kier molecular flexibility index (Phi) is 8.63. The molecule has 0 saturated heterocycles. The second-order valence-corrected chi connectivity index (χ2v) is 14.0. The number of aliphatic hydroxyl groups is 1. The van der Waals surface area contributed by atoms with Gasteiger partial charge in [-0.05, 0) is 80.1 Å². The van der Waals surface area contributed by atoms with Crippen LogP contribution in [0.4, 0.5) is 4.39 Å². The van der Waals surface area contributed by atoms with Crippen LogP contribution in [0.25, 0.3) is 5.57 Å². The number of nitrogens with zero attached hydrogens (tertiary/aromatic N) is 2. The third-order valence-corrected chi connectivity index (χ3v) is 11.1. The first-order valence-electron chi connectivity index (χ1n) is 12.8. The summed E-state index contributed by atoms with van der Waals surface area (Å²) in [6, 6.07) is 8.96. The number of benzene rings is 2. The van der Waals surface area contributed by atoms with Crippen molar-refractivity contribution >= 4 is 25.6 Å². The van der Waals surface area contributed by atoms with Gasteiger partial charge in [0.2, 0.25) is 20.0 Å². The normalized spacial score (nSPS) is 23.1. The first-order valence-corrected chi connectivity index (χ1v) is 15.7. The molecule has 0 fully saturated rings. The molecule has 4 rings (SSSR count). The van der Waals surface area contributed by atoms with Crippen molar-refractivity contribution in [2.75, 3.05) is 26.7 Å². The van der Waals surface area contributed by atoms with Gasteiger partial charge < -0.3 is 9.84 Å². The molecule has 0 radical (unpaired) electrons. The van der Waals surface area contributed by atoms with E-state index in [0.717, 1.165) is 53.3 Å². The van der Waals surface area contributed by atoms with Crippen molar-refractivity contribution < 1.29 is 31.1 Å². The molecule has 0 spiro atoms. The number of fused-ring (bicyclic) bond motifs is 1. The lowest BCUT2D eigenvalue weighted by molar-refractivity contribution is 0.0904. The van der Waals surface area contributed by atoms with E-state index < -0.39 is 43.9 Å². The van der Waals surface area contributed by atoms with Crippen molar-refractivity contribution in [3.05, 3.63) is 59.9 Å². The molecule has 0 unspecified atom stereocenters. The highest BCUT2D eigenvalue weighted by Gasteiger charge is 2.39. The van der Waals surface area contributed by atoms with E-state index in [9.17, 15) is 26.3 Å². The summed E-state index contributed by atoms with van der Waals surface area (Å²) in [4.78, 5) is -0.0659. The van der Waals surface area contributed by atoms with Gasteiger partial charge in [-0.3, -0.25) is 0 Å². The minimum atomic E-state index is -4.00. The Morgan fingerprint density at radius 3 is 2.53 bits per heavy atom. The predicted molar refractivity (Wildman–Crippen MR) is 143 cm³/mol. The van der Waals surface area contributed by atoms with Gasteiger partial charge in [-0.15, -0.1) is 0 Å². The monoisotopic (exact) mass is 566 g/mol. The summed E-state index contributed by atoms with van der Waals surface area (Å²) >= 11 is 0. The number of rotatable bonds is 7. The molecular formula is C27H35FN2O6S2. The molecule has 8 nitrogen and oxygen atoms in total. The van der Waals surface area contributed by atoms with Crippen molar-refractivity contribution in [1.29, 1.82) is 0 Å². The molecule has 2 aromatic carbocycles. The van der Waals surface area contributed by atoms with Crippen LogP contribution in [-0.4, -0.2) is 69.4 Å².